The fourth-order valence-electron chi connectivity index (χ4n) is 1.66. The van der Waals surface area contributed by atoms with Crippen LogP contribution in [0.1, 0.15) is 15.9 Å². The minimum atomic E-state index is -0.433. The maximum absolute atomic E-state index is 11.0. The van der Waals surface area contributed by atoms with E-state index in [1.165, 1.54) is 17.8 Å². The molecule has 0 aliphatic rings. The molecule has 0 radical (unpaired) electrons. The predicted octanol–water partition coefficient (Wildman–Crippen LogP) is 4.35. The van der Waals surface area contributed by atoms with Crippen LogP contribution in [0.2, 0.25) is 5.02 Å². The van der Waals surface area contributed by atoms with Gasteiger partial charge in [-0.25, -0.2) is 0 Å². The van der Waals surface area contributed by atoms with Gasteiger partial charge in [0.15, 0.2) is 0 Å². The number of nitro groups is 1. The number of halogens is 1. The van der Waals surface area contributed by atoms with Gasteiger partial charge in [0, 0.05) is 22.3 Å². The van der Waals surface area contributed by atoms with E-state index < -0.39 is 4.92 Å². The maximum atomic E-state index is 11.0. The van der Waals surface area contributed by atoms with Crippen molar-refractivity contribution in [3.05, 3.63) is 68.7 Å². The smallest absolute Gasteiger partial charge is 0.274 e. The zero-order valence-electron chi connectivity index (χ0n) is 10.3. The zero-order chi connectivity index (χ0) is 14.5. The summed E-state index contributed by atoms with van der Waals surface area (Å²) < 4.78 is 0. The number of carbonyl (C=O) groups is 1. The molecule has 0 bridgehead atoms. The van der Waals surface area contributed by atoms with Gasteiger partial charge in [0.05, 0.1) is 15.5 Å². The summed E-state index contributed by atoms with van der Waals surface area (Å²) in [6.45, 7) is 0. The zero-order valence-corrected chi connectivity index (χ0v) is 11.9. The molecule has 4 nitrogen and oxygen atoms in total. The van der Waals surface area contributed by atoms with Crippen molar-refractivity contribution in [1.82, 2.24) is 0 Å². The highest BCUT2D eigenvalue weighted by Gasteiger charge is 2.16. The van der Waals surface area contributed by atoms with E-state index in [4.69, 9.17) is 11.6 Å². The third-order valence-corrected chi connectivity index (χ3v) is 4.08. The van der Waals surface area contributed by atoms with Gasteiger partial charge < -0.3 is 0 Å². The molecule has 2 aromatic rings. The highest BCUT2D eigenvalue weighted by Crippen LogP contribution is 2.32. The molecule has 0 aromatic heterocycles. The van der Waals surface area contributed by atoms with Crippen LogP contribution in [0.3, 0.4) is 0 Å². The lowest BCUT2D eigenvalue weighted by molar-refractivity contribution is -0.385. The molecule has 20 heavy (non-hydrogen) atoms. The Labute approximate surface area is 124 Å². The second kappa shape index (κ2) is 6.54. The summed E-state index contributed by atoms with van der Waals surface area (Å²) in [6, 6.07) is 11.7. The van der Waals surface area contributed by atoms with Crippen LogP contribution in [0.4, 0.5) is 5.69 Å². The number of nitrogens with zero attached hydrogens (tertiary/aromatic N) is 1. The Morgan fingerprint density at radius 3 is 2.50 bits per heavy atom. The van der Waals surface area contributed by atoms with E-state index in [0.29, 0.717) is 21.9 Å². The average molecular weight is 308 g/mol. The highest BCUT2D eigenvalue weighted by atomic mass is 35.5. The van der Waals surface area contributed by atoms with Crippen molar-refractivity contribution in [1.29, 1.82) is 0 Å². The van der Waals surface area contributed by atoms with Gasteiger partial charge in [-0.05, 0) is 18.2 Å². The van der Waals surface area contributed by atoms with Gasteiger partial charge in [-0.3, -0.25) is 14.9 Å². The Balaban J connectivity index is 2.17. The monoisotopic (exact) mass is 307 g/mol. The molecule has 0 fully saturated rings. The molecule has 0 unspecified atom stereocenters. The van der Waals surface area contributed by atoms with E-state index >= 15 is 0 Å². The number of carbonyl (C=O) groups excluding carboxylic acids is 1. The van der Waals surface area contributed by atoms with Crippen LogP contribution in [0, 0.1) is 10.1 Å². The standard InChI is InChI=1S/C14H10ClNO3S/c15-13-2-1-3-14(16(18)19)12(13)9-20-11-6-4-10(8-17)5-7-11/h1-8H,9H2. The van der Waals surface area contributed by atoms with Gasteiger partial charge >= 0.3 is 0 Å². The number of thioether (sulfide) groups is 1. The first-order chi connectivity index (χ1) is 9.61. The summed E-state index contributed by atoms with van der Waals surface area (Å²) in [6.07, 6.45) is 0.771. The number of aldehydes is 1. The van der Waals surface area contributed by atoms with Gasteiger partial charge in [-0.1, -0.05) is 29.8 Å². The average Bonchev–Trinajstić information content (AvgIpc) is 2.46. The lowest BCUT2D eigenvalue weighted by Crippen LogP contribution is -1.95. The first kappa shape index (κ1) is 14.6. The number of rotatable bonds is 5. The van der Waals surface area contributed by atoms with Crippen LogP contribution < -0.4 is 0 Å². The van der Waals surface area contributed by atoms with E-state index in [1.807, 2.05) is 0 Å². The summed E-state index contributed by atoms with van der Waals surface area (Å²) in [5.41, 5.74) is 1.12. The van der Waals surface area contributed by atoms with E-state index in [0.717, 1.165) is 11.2 Å². The van der Waals surface area contributed by atoms with Crippen LogP contribution in [0.15, 0.2) is 47.4 Å². The first-order valence-corrected chi connectivity index (χ1v) is 7.08. The van der Waals surface area contributed by atoms with Crippen molar-refractivity contribution in [3.8, 4) is 0 Å². The van der Waals surface area contributed by atoms with Crippen molar-refractivity contribution in [2.24, 2.45) is 0 Å². The Morgan fingerprint density at radius 2 is 1.90 bits per heavy atom. The van der Waals surface area contributed by atoms with E-state index in [9.17, 15) is 14.9 Å². The Kier molecular flexibility index (Phi) is 4.76. The van der Waals surface area contributed by atoms with Crippen LogP contribution in [-0.2, 0) is 5.75 Å². The third-order valence-electron chi connectivity index (χ3n) is 2.69. The molecule has 0 saturated heterocycles. The SMILES string of the molecule is O=Cc1ccc(SCc2c(Cl)cccc2[N+](=O)[O-])cc1. The van der Waals surface area contributed by atoms with E-state index in [1.54, 1.807) is 36.4 Å². The Hall–Kier alpha value is -1.85. The molecule has 0 N–H and O–H groups in total. The van der Waals surface area contributed by atoms with Gasteiger partial charge in [-0.15, -0.1) is 11.8 Å². The van der Waals surface area contributed by atoms with E-state index in [-0.39, 0.29) is 5.69 Å². The largest absolute Gasteiger partial charge is 0.298 e. The minimum absolute atomic E-state index is 0.0227. The molecule has 2 aromatic carbocycles. The van der Waals surface area contributed by atoms with E-state index in [2.05, 4.69) is 0 Å². The third kappa shape index (κ3) is 3.37. The summed E-state index contributed by atoms with van der Waals surface area (Å²) in [5.74, 6) is 0.399. The molecule has 0 spiro atoms. The molecule has 0 amide bonds. The van der Waals surface area contributed by atoms with Gasteiger partial charge in [0.1, 0.15) is 6.29 Å². The summed E-state index contributed by atoms with van der Waals surface area (Å²) in [4.78, 5) is 22.0. The topological polar surface area (TPSA) is 60.2 Å². The van der Waals surface area contributed by atoms with Crippen molar-refractivity contribution in [3.63, 3.8) is 0 Å². The van der Waals surface area contributed by atoms with Crippen LogP contribution in [0.5, 0.6) is 0 Å². The van der Waals surface area contributed by atoms with Gasteiger partial charge in [0.25, 0.3) is 5.69 Å². The second-order valence-electron chi connectivity index (χ2n) is 3.97. The summed E-state index contributed by atoms with van der Waals surface area (Å²) in [7, 11) is 0. The molecular formula is C14H10ClNO3S. The van der Waals surface area contributed by atoms with Gasteiger partial charge in [-0.2, -0.15) is 0 Å². The lowest BCUT2D eigenvalue weighted by atomic mass is 10.2. The van der Waals surface area contributed by atoms with Crippen molar-refractivity contribution in [2.75, 3.05) is 0 Å². The fourth-order valence-corrected chi connectivity index (χ4v) is 2.92. The first-order valence-electron chi connectivity index (χ1n) is 5.71. The molecule has 102 valence electrons. The molecular weight excluding hydrogens is 298 g/mol. The highest BCUT2D eigenvalue weighted by molar-refractivity contribution is 7.98. The number of nitro benzene ring substituents is 1. The summed E-state index contributed by atoms with van der Waals surface area (Å²) >= 11 is 7.46. The predicted molar refractivity (Wildman–Crippen MR) is 79.5 cm³/mol. The minimum Gasteiger partial charge on any atom is -0.298 e. The molecule has 6 heteroatoms. The quantitative estimate of drug-likeness (QED) is 0.356. The molecule has 0 atom stereocenters. The van der Waals surface area contributed by atoms with Crippen molar-refractivity contribution >= 4 is 35.3 Å². The normalized spacial score (nSPS) is 10.2. The Morgan fingerprint density at radius 1 is 1.20 bits per heavy atom. The van der Waals surface area contributed by atoms with Crippen LogP contribution >= 0.6 is 23.4 Å². The van der Waals surface area contributed by atoms with Crippen LogP contribution in [0.25, 0.3) is 0 Å². The number of hydrogen-bond acceptors (Lipinski definition) is 4. The van der Waals surface area contributed by atoms with Gasteiger partial charge in [0.2, 0.25) is 0 Å². The molecule has 0 heterocycles. The van der Waals surface area contributed by atoms with Crippen LogP contribution in [-0.4, -0.2) is 11.2 Å². The second-order valence-corrected chi connectivity index (χ2v) is 5.43. The molecule has 0 aliphatic heterocycles. The molecule has 2 rings (SSSR count). The van der Waals surface area contributed by atoms with Crippen molar-refractivity contribution in [2.45, 2.75) is 10.6 Å². The van der Waals surface area contributed by atoms with Crippen molar-refractivity contribution < 1.29 is 9.72 Å². The summed E-state index contributed by atoms with van der Waals surface area (Å²) in [5, 5.41) is 11.4. The maximum Gasteiger partial charge on any atom is 0.274 e. The molecule has 0 aliphatic carbocycles. The number of benzene rings is 2. The molecule has 0 saturated carbocycles. The fraction of sp³-hybridized carbons (Fsp3) is 0.0714. The Bertz CT molecular complexity index is 643. The lowest BCUT2D eigenvalue weighted by Gasteiger charge is -2.05. The number of hydrogen-bond donors (Lipinski definition) is 0.